The number of benzene rings is 1. The highest BCUT2D eigenvalue weighted by Gasteiger charge is 2.20. The summed E-state index contributed by atoms with van der Waals surface area (Å²) in [6, 6.07) is 4.91. The molecule has 0 fully saturated rings. The Morgan fingerprint density at radius 1 is 1.25 bits per heavy atom. The summed E-state index contributed by atoms with van der Waals surface area (Å²) in [6.45, 7) is 0.981. The molecule has 0 saturated heterocycles. The van der Waals surface area contributed by atoms with Gasteiger partial charge in [0.2, 0.25) is 23.4 Å². The van der Waals surface area contributed by atoms with Gasteiger partial charge in [0, 0.05) is 11.4 Å². The Bertz CT molecular complexity index is 862. The molecule has 1 N–H and O–H groups in total. The maximum absolute atomic E-state index is 12.1. The van der Waals surface area contributed by atoms with Crippen molar-refractivity contribution in [2.24, 2.45) is 0 Å². The number of carbonyl (C=O) groups is 1. The van der Waals surface area contributed by atoms with Crippen molar-refractivity contribution < 1.29 is 9.21 Å². The zero-order valence-electron chi connectivity index (χ0n) is 15.4. The lowest BCUT2D eigenvalue weighted by atomic mass is 10.2. The quantitative estimate of drug-likeness (QED) is 0.402. The van der Waals surface area contributed by atoms with Gasteiger partial charge in [0.25, 0.3) is 0 Å². The Morgan fingerprint density at radius 2 is 1.96 bits per heavy atom. The van der Waals surface area contributed by atoms with Gasteiger partial charge in [-0.3, -0.25) is 10.1 Å². The predicted octanol–water partition coefficient (Wildman–Crippen LogP) is 5.66. The van der Waals surface area contributed by atoms with Crippen molar-refractivity contribution in [1.29, 1.82) is 5.26 Å². The van der Waals surface area contributed by atoms with E-state index < -0.39 is 0 Å². The molecule has 0 bridgehead atoms. The van der Waals surface area contributed by atoms with E-state index in [2.05, 4.69) is 15.2 Å². The van der Waals surface area contributed by atoms with Crippen molar-refractivity contribution in [2.45, 2.75) is 25.7 Å². The second kappa shape index (κ2) is 11.5. The number of nitrogens with one attached hydrogen (secondary N) is 1. The Morgan fingerprint density at radius 3 is 2.61 bits per heavy atom. The van der Waals surface area contributed by atoms with E-state index in [1.807, 2.05) is 20.2 Å². The van der Waals surface area contributed by atoms with Gasteiger partial charge in [0.05, 0.1) is 15.6 Å². The summed E-state index contributed by atoms with van der Waals surface area (Å²) >= 11 is 18.2. The van der Waals surface area contributed by atoms with Crippen LogP contribution in [0.25, 0.3) is 11.5 Å². The van der Waals surface area contributed by atoms with E-state index in [1.165, 1.54) is 12.1 Å². The number of oxazole rings is 1. The number of carbonyl (C=O) groups excluding carboxylic acids is 1. The largest absolute Gasteiger partial charge is 0.419 e. The highest BCUT2D eigenvalue weighted by Crippen LogP contribution is 2.37. The highest BCUT2D eigenvalue weighted by molar-refractivity contribution is 6.44. The van der Waals surface area contributed by atoms with Gasteiger partial charge >= 0.3 is 0 Å². The second-order valence-electron chi connectivity index (χ2n) is 6.22. The lowest BCUT2D eigenvalue weighted by Gasteiger charge is -2.08. The summed E-state index contributed by atoms with van der Waals surface area (Å²) < 4.78 is 5.54. The van der Waals surface area contributed by atoms with Crippen molar-refractivity contribution >= 4 is 59.0 Å². The summed E-state index contributed by atoms with van der Waals surface area (Å²) in [6.07, 6.45) is 3.04. The fraction of sp³-hybridized carbons (Fsp3) is 0.389. The summed E-state index contributed by atoms with van der Waals surface area (Å²) in [7, 11) is 4.02. The average molecular weight is 466 g/mol. The monoisotopic (exact) mass is 464 g/mol. The van der Waals surface area contributed by atoms with Gasteiger partial charge in [-0.2, -0.15) is 10.2 Å². The smallest absolute Gasteiger partial charge is 0.239 e. The maximum atomic E-state index is 12.1. The highest BCUT2D eigenvalue weighted by atomic mass is 35.5. The lowest BCUT2D eigenvalue weighted by molar-refractivity contribution is -0.116. The first kappa shape index (κ1) is 24.5. The molecule has 0 atom stereocenters. The Hall–Kier alpha value is -1.49. The van der Waals surface area contributed by atoms with Crippen LogP contribution in [0.4, 0.5) is 5.88 Å². The van der Waals surface area contributed by atoms with E-state index in [-0.39, 0.29) is 45.8 Å². The van der Waals surface area contributed by atoms with Crippen LogP contribution < -0.4 is 5.32 Å². The zero-order chi connectivity index (χ0) is 20.0. The Labute approximate surface area is 185 Å². The third-order valence-corrected chi connectivity index (χ3v) is 4.74. The van der Waals surface area contributed by atoms with Gasteiger partial charge in [0.15, 0.2) is 0 Å². The molecule has 0 aliphatic rings. The minimum absolute atomic E-state index is 0. The lowest BCUT2D eigenvalue weighted by Crippen LogP contribution is -2.14. The number of rotatable bonds is 8. The normalized spacial score (nSPS) is 10.5. The van der Waals surface area contributed by atoms with Gasteiger partial charge < -0.3 is 9.32 Å². The van der Waals surface area contributed by atoms with E-state index in [0.29, 0.717) is 17.0 Å². The maximum Gasteiger partial charge on any atom is 0.239 e. The minimum atomic E-state index is -0.241. The molecule has 0 spiro atoms. The minimum Gasteiger partial charge on any atom is -0.419 e. The molecule has 1 amide bonds. The summed E-state index contributed by atoms with van der Waals surface area (Å²) in [4.78, 5) is 18.3. The molecule has 0 radical (unpaired) electrons. The molecule has 10 heteroatoms. The molecule has 152 valence electrons. The number of unbranched alkanes of at least 4 members (excludes halogenated alkanes) is 2. The molecule has 2 rings (SSSR count). The molecule has 0 unspecified atom stereocenters. The van der Waals surface area contributed by atoms with E-state index in [1.54, 1.807) is 0 Å². The van der Waals surface area contributed by atoms with Crippen molar-refractivity contribution in [3.05, 3.63) is 32.9 Å². The number of hydrogen-bond donors (Lipinski definition) is 1. The first-order chi connectivity index (χ1) is 12.8. The van der Waals surface area contributed by atoms with E-state index in [4.69, 9.17) is 39.2 Å². The third-order valence-electron chi connectivity index (χ3n) is 3.72. The molecule has 1 aromatic carbocycles. The van der Waals surface area contributed by atoms with Gasteiger partial charge in [-0.1, -0.05) is 41.2 Å². The number of nitrogens with zero attached hydrogens (tertiary/aromatic N) is 3. The number of nitriles is 1. The van der Waals surface area contributed by atoms with Crippen molar-refractivity contribution in [1.82, 2.24) is 9.88 Å². The molecule has 0 saturated carbocycles. The third kappa shape index (κ3) is 6.84. The number of hydrogen-bond acceptors (Lipinski definition) is 5. The number of aromatic nitrogens is 1. The van der Waals surface area contributed by atoms with Crippen LogP contribution in [0.1, 0.15) is 31.4 Å². The standard InChI is InChI=1S/C18H19Cl3N4O2.ClH/c1-25(2)7-5-3-4-6-15(26)24-18-14(10-22)23-17(27-18)12-8-11(19)9-13(20)16(12)21;/h8-9H,3-7H2,1-2H3,(H,24,26);1H. The summed E-state index contributed by atoms with van der Waals surface area (Å²) in [5.41, 5.74) is 0.299. The van der Waals surface area contributed by atoms with Crippen LogP contribution in [-0.2, 0) is 4.79 Å². The number of amides is 1. The van der Waals surface area contributed by atoms with Gasteiger partial charge in [-0.25, -0.2) is 0 Å². The van der Waals surface area contributed by atoms with Crippen LogP contribution in [0.3, 0.4) is 0 Å². The van der Waals surface area contributed by atoms with Crippen LogP contribution in [0.5, 0.6) is 0 Å². The van der Waals surface area contributed by atoms with Crippen LogP contribution in [0.15, 0.2) is 16.5 Å². The Balaban J connectivity index is 0.00000392. The molecule has 6 nitrogen and oxygen atoms in total. The number of anilines is 1. The first-order valence-corrected chi connectivity index (χ1v) is 9.45. The van der Waals surface area contributed by atoms with Gasteiger partial charge in [0.1, 0.15) is 6.07 Å². The fourth-order valence-corrected chi connectivity index (χ4v) is 3.07. The molecular weight excluding hydrogens is 446 g/mol. The van der Waals surface area contributed by atoms with Gasteiger partial charge in [-0.15, -0.1) is 12.4 Å². The molecule has 0 aliphatic heterocycles. The first-order valence-electron chi connectivity index (χ1n) is 8.32. The second-order valence-corrected chi connectivity index (χ2v) is 7.44. The van der Waals surface area contributed by atoms with Gasteiger partial charge in [-0.05, 0) is 45.6 Å². The van der Waals surface area contributed by atoms with Crippen LogP contribution in [0, 0.1) is 11.3 Å². The van der Waals surface area contributed by atoms with Crippen LogP contribution in [-0.4, -0.2) is 36.4 Å². The topological polar surface area (TPSA) is 82.2 Å². The van der Waals surface area contributed by atoms with Crippen molar-refractivity contribution in [3.8, 4) is 17.5 Å². The fourth-order valence-electron chi connectivity index (χ4n) is 2.39. The van der Waals surface area contributed by atoms with E-state index >= 15 is 0 Å². The van der Waals surface area contributed by atoms with Crippen LogP contribution >= 0.6 is 47.2 Å². The SMILES string of the molecule is CN(C)CCCCCC(=O)Nc1oc(-c2cc(Cl)cc(Cl)c2Cl)nc1C#N.Cl. The summed E-state index contributed by atoms with van der Waals surface area (Å²) in [5.74, 6) is -0.200. The number of halogens is 4. The van der Waals surface area contributed by atoms with E-state index in [9.17, 15) is 10.1 Å². The molecule has 0 aliphatic carbocycles. The predicted molar refractivity (Wildman–Crippen MR) is 115 cm³/mol. The van der Waals surface area contributed by atoms with Crippen molar-refractivity contribution in [3.63, 3.8) is 0 Å². The molecule has 2 aromatic rings. The van der Waals surface area contributed by atoms with E-state index in [0.717, 1.165) is 25.8 Å². The molecule has 1 heterocycles. The molecule has 1 aromatic heterocycles. The average Bonchev–Trinajstić information content (AvgIpc) is 3.00. The van der Waals surface area contributed by atoms with Crippen molar-refractivity contribution in [2.75, 3.05) is 26.0 Å². The Kier molecular flexibility index (Phi) is 10.1. The summed E-state index contributed by atoms with van der Waals surface area (Å²) in [5, 5.41) is 12.6. The van der Waals surface area contributed by atoms with Crippen LogP contribution in [0.2, 0.25) is 15.1 Å². The zero-order valence-corrected chi connectivity index (χ0v) is 18.5. The molecular formula is C18H20Cl4N4O2. The molecule has 28 heavy (non-hydrogen) atoms.